The number of nitrogens with zero attached hydrogens (tertiary/aromatic N) is 2. The molecule has 0 aliphatic carbocycles. The predicted molar refractivity (Wildman–Crippen MR) is 199 cm³/mol. The maximum Gasteiger partial charge on any atom is 0.265 e. The highest BCUT2D eigenvalue weighted by Gasteiger charge is 2.39. The van der Waals surface area contributed by atoms with Gasteiger partial charge in [-0.3, -0.25) is 24.1 Å². The van der Waals surface area contributed by atoms with Gasteiger partial charge in [-0.05, 0) is 93.7 Å². The molecule has 0 saturated carbocycles. The molecule has 0 atom stereocenters. The van der Waals surface area contributed by atoms with Crippen LogP contribution < -0.4 is 4.90 Å². The van der Waals surface area contributed by atoms with Crippen molar-refractivity contribution in [3.05, 3.63) is 95.1 Å². The summed E-state index contributed by atoms with van der Waals surface area (Å²) in [4.78, 5) is 59.3. The Hall–Kier alpha value is -5.30. The summed E-state index contributed by atoms with van der Waals surface area (Å²) in [5, 5.41) is 16.2. The van der Waals surface area contributed by atoms with Gasteiger partial charge in [-0.25, -0.2) is 4.90 Å². The lowest BCUT2D eigenvalue weighted by Crippen LogP contribution is -2.47. The van der Waals surface area contributed by atoms with Gasteiger partial charge in [-0.15, -0.1) is 0 Å². The van der Waals surface area contributed by atoms with E-state index in [1.54, 1.807) is 29.2 Å². The number of unbranched alkanes of at least 4 members (excludes halogenated alkanes) is 6. The number of carbonyl (C=O) groups is 4. The molecular weight excluding hydrogens is 624 g/mol. The van der Waals surface area contributed by atoms with Crippen LogP contribution >= 0.6 is 0 Å². The Kier molecular flexibility index (Phi) is 8.01. The normalized spacial score (nSPS) is 14.5. The number of phenols is 1. The lowest BCUT2D eigenvalue weighted by atomic mass is 9.82. The van der Waals surface area contributed by atoms with Crippen molar-refractivity contribution < 1.29 is 24.3 Å². The van der Waals surface area contributed by atoms with E-state index in [0.29, 0.717) is 38.7 Å². The minimum absolute atomic E-state index is 0.0455. The van der Waals surface area contributed by atoms with Gasteiger partial charge in [-0.1, -0.05) is 89.5 Å². The van der Waals surface area contributed by atoms with Crippen molar-refractivity contribution >= 4 is 72.4 Å². The molecule has 0 spiro atoms. The topological polar surface area (TPSA) is 95.0 Å². The van der Waals surface area contributed by atoms with Crippen LogP contribution in [0.5, 0.6) is 5.75 Å². The van der Waals surface area contributed by atoms with Crippen molar-refractivity contribution in [2.75, 3.05) is 4.90 Å². The number of rotatable bonds is 12. The number of fused-ring (bicyclic) bond motifs is 2. The van der Waals surface area contributed by atoms with Crippen LogP contribution in [-0.4, -0.2) is 39.7 Å². The Morgan fingerprint density at radius 1 is 0.480 bits per heavy atom. The molecule has 7 nitrogen and oxygen atoms in total. The van der Waals surface area contributed by atoms with Crippen molar-refractivity contribution in [3.63, 3.8) is 0 Å². The van der Waals surface area contributed by atoms with Gasteiger partial charge in [0.25, 0.3) is 23.6 Å². The second kappa shape index (κ2) is 12.5. The number of aromatic hydroxyl groups is 1. The van der Waals surface area contributed by atoms with E-state index in [-0.39, 0.29) is 23.6 Å². The summed E-state index contributed by atoms with van der Waals surface area (Å²) in [7, 11) is 0. The smallest absolute Gasteiger partial charge is 0.265 e. The molecule has 7 heteroatoms. The van der Waals surface area contributed by atoms with Crippen LogP contribution in [0.1, 0.15) is 119 Å². The maximum absolute atomic E-state index is 14.4. The highest BCUT2D eigenvalue weighted by molar-refractivity contribution is 6.43. The number of hydrogen-bond donors (Lipinski definition) is 1. The quantitative estimate of drug-likeness (QED) is 0.0608. The zero-order valence-corrected chi connectivity index (χ0v) is 28.6. The molecule has 252 valence electrons. The Morgan fingerprint density at radius 3 is 1.28 bits per heavy atom. The molecule has 6 aromatic carbocycles. The highest BCUT2D eigenvalue weighted by atomic mass is 16.3. The molecule has 1 N–H and O–H groups in total. The van der Waals surface area contributed by atoms with Crippen LogP contribution in [0.15, 0.2) is 72.8 Å². The van der Waals surface area contributed by atoms with E-state index < -0.39 is 11.8 Å². The van der Waals surface area contributed by atoms with E-state index in [9.17, 15) is 24.3 Å². The first kappa shape index (κ1) is 31.9. The number of carbonyl (C=O) groups excluding carboxylic acids is 4. The minimum Gasteiger partial charge on any atom is -0.508 e. The first-order valence-electron chi connectivity index (χ1n) is 18.1. The van der Waals surface area contributed by atoms with Crippen molar-refractivity contribution in [1.29, 1.82) is 0 Å². The Labute approximate surface area is 290 Å². The van der Waals surface area contributed by atoms with E-state index in [2.05, 4.69) is 13.8 Å². The summed E-state index contributed by atoms with van der Waals surface area (Å²) in [5.41, 5.74) is 2.33. The first-order valence-corrected chi connectivity index (χ1v) is 18.1. The molecule has 6 aromatic rings. The molecule has 4 amide bonds. The number of amides is 4. The van der Waals surface area contributed by atoms with E-state index in [4.69, 9.17) is 0 Å². The van der Waals surface area contributed by atoms with Crippen LogP contribution in [0.25, 0.3) is 43.1 Å². The molecule has 2 heterocycles. The minimum atomic E-state index is -0.428. The monoisotopic (exact) mass is 664 g/mol. The third-order valence-electron chi connectivity index (χ3n) is 10.9. The molecule has 0 bridgehead atoms. The van der Waals surface area contributed by atoms with E-state index in [1.165, 1.54) is 12.1 Å². The zero-order valence-electron chi connectivity index (χ0n) is 28.6. The van der Waals surface area contributed by atoms with Crippen molar-refractivity contribution in [3.8, 4) is 5.75 Å². The zero-order chi connectivity index (χ0) is 34.7. The molecule has 2 aliphatic rings. The summed E-state index contributed by atoms with van der Waals surface area (Å²) in [6.07, 6.45) is 10.4. The van der Waals surface area contributed by atoms with E-state index in [1.807, 2.05) is 36.4 Å². The SMILES string of the molecule is CCCCCCC(CCCCCC)N1C(=O)c2ccc3c4ccc5c6c(ccc(c7ccc(c2c37)C1=O)c64)C(=O)N(c1ccc(O)cc1)C5=O. The molecule has 0 radical (unpaired) electrons. The Bertz CT molecular complexity index is 2230. The van der Waals surface area contributed by atoms with Crippen molar-refractivity contribution in [2.45, 2.75) is 84.1 Å². The van der Waals surface area contributed by atoms with Gasteiger partial charge >= 0.3 is 0 Å². The summed E-state index contributed by atoms with van der Waals surface area (Å²) >= 11 is 0. The van der Waals surface area contributed by atoms with Gasteiger partial charge in [0.05, 0.1) is 5.69 Å². The maximum atomic E-state index is 14.4. The fraction of sp³-hybridized carbons (Fsp3) is 0.302. The standard InChI is InChI=1S/C43H40N2O5/c1-3-5-7-9-11-25(12-10-8-6-4-2)44-40(47)32-21-17-28-30-19-23-34-39-35(43(50)45(42(34)49)26-13-15-27(46)16-14-26)24-20-31(37(30)39)29-18-22-33(41(44)48)38(32)36(28)29/h13-25,46H,3-12H2,1-2H3. The van der Waals surface area contributed by atoms with E-state index in [0.717, 1.165) is 101 Å². The predicted octanol–water partition coefficient (Wildman–Crippen LogP) is 10.1. The Balaban J connectivity index is 1.26. The fourth-order valence-corrected chi connectivity index (χ4v) is 8.47. The highest BCUT2D eigenvalue weighted by Crippen LogP contribution is 2.47. The van der Waals surface area contributed by atoms with Crippen LogP contribution in [0, 0.1) is 0 Å². The van der Waals surface area contributed by atoms with Crippen LogP contribution in [0.3, 0.4) is 0 Å². The molecule has 2 aliphatic heterocycles. The summed E-state index contributed by atoms with van der Waals surface area (Å²) < 4.78 is 0. The molecule has 50 heavy (non-hydrogen) atoms. The van der Waals surface area contributed by atoms with Crippen LogP contribution in [0.4, 0.5) is 5.69 Å². The van der Waals surface area contributed by atoms with Crippen molar-refractivity contribution in [2.24, 2.45) is 0 Å². The summed E-state index contributed by atoms with van der Waals surface area (Å²) in [5.74, 6) is -1.25. The molecule has 0 unspecified atom stereocenters. The Morgan fingerprint density at radius 2 is 0.880 bits per heavy atom. The largest absolute Gasteiger partial charge is 0.508 e. The van der Waals surface area contributed by atoms with Gasteiger partial charge in [-0.2, -0.15) is 0 Å². The van der Waals surface area contributed by atoms with Gasteiger partial charge < -0.3 is 5.11 Å². The van der Waals surface area contributed by atoms with Crippen molar-refractivity contribution in [1.82, 2.24) is 4.90 Å². The number of imide groups is 2. The van der Waals surface area contributed by atoms with Crippen LogP contribution in [-0.2, 0) is 0 Å². The summed E-state index contributed by atoms with van der Waals surface area (Å²) in [6, 6.07) is 20.9. The molecular formula is C43H40N2O5. The number of phenolic OH excluding ortho intramolecular Hbond substituents is 1. The van der Waals surface area contributed by atoms with Gasteiger partial charge in [0.1, 0.15) is 5.75 Å². The number of benzene rings is 6. The lowest BCUT2D eigenvalue weighted by molar-refractivity contribution is 0.0516. The second-order valence-electron chi connectivity index (χ2n) is 13.9. The first-order chi connectivity index (χ1) is 24.3. The lowest BCUT2D eigenvalue weighted by Gasteiger charge is -2.35. The van der Waals surface area contributed by atoms with Gasteiger partial charge in [0.2, 0.25) is 0 Å². The fourth-order valence-electron chi connectivity index (χ4n) is 8.47. The van der Waals surface area contributed by atoms with Gasteiger partial charge in [0, 0.05) is 39.1 Å². The third-order valence-corrected chi connectivity index (χ3v) is 10.9. The number of anilines is 1. The molecule has 0 aromatic heterocycles. The molecule has 0 fully saturated rings. The molecule has 0 saturated heterocycles. The molecule has 8 rings (SSSR count). The van der Waals surface area contributed by atoms with E-state index >= 15 is 0 Å². The average Bonchev–Trinajstić information content (AvgIpc) is 3.13. The van der Waals surface area contributed by atoms with Crippen LogP contribution in [0.2, 0.25) is 0 Å². The average molecular weight is 665 g/mol. The third kappa shape index (κ3) is 4.77. The second-order valence-corrected chi connectivity index (χ2v) is 13.9. The number of hydrogen-bond acceptors (Lipinski definition) is 5. The van der Waals surface area contributed by atoms with Gasteiger partial charge in [0.15, 0.2) is 0 Å². The summed E-state index contributed by atoms with van der Waals surface area (Å²) in [6.45, 7) is 4.37.